The summed E-state index contributed by atoms with van der Waals surface area (Å²) in [6.45, 7) is 2.64. The summed E-state index contributed by atoms with van der Waals surface area (Å²) in [6, 6.07) is 1.92. The van der Waals surface area contributed by atoms with Gasteiger partial charge in [-0.1, -0.05) is 6.92 Å². The fourth-order valence-corrected chi connectivity index (χ4v) is 4.16. The Morgan fingerprint density at radius 3 is 2.94 bits per heavy atom. The molecule has 90 valence electrons. The topological polar surface area (TPSA) is 46.2 Å². The Kier molecular flexibility index (Phi) is 6.23. The van der Waals surface area contributed by atoms with Gasteiger partial charge in [-0.15, -0.1) is 11.3 Å². The Bertz CT molecular complexity index is 379. The second-order valence-electron chi connectivity index (χ2n) is 3.27. The molecule has 6 heteroatoms. The highest BCUT2D eigenvalue weighted by Crippen LogP contribution is 2.23. The number of halogens is 1. The zero-order valence-electron chi connectivity index (χ0n) is 8.99. The summed E-state index contributed by atoms with van der Waals surface area (Å²) in [6.07, 6.45) is 0.898. The average molecular weight is 324 g/mol. The molecule has 0 aliphatic carbocycles. The average Bonchev–Trinajstić information content (AvgIpc) is 2.61. The van der Waals surface area contributed by atoms with Crippen LogP contribution in [0.4, 0.5) is 0 Å². The third-order valence-electron chi connectivity index (χ3n) is 1.85. The number of carbonyl (C=O) groups is 1. The van der Waals surface area contributed by atoms with Crippen LogP contribution < -0.4 is 5.32 Å². The van der Waals surface area contributed by atoms with E-state index >= 15 is 0 Å². The van der Waals surface area contributed by atoms with Crippen molar-refractivity contribution >= 4 is 44.0 Å². The number of hydrogen-bond donors (Lipinski definition) is 1. The minimum atomic E-state index is -1.12. The number of thiophene rings is 1. The van der Waals surface area contributed by atoms with E-state index < -0.39 is 10.8 Å². The fraction of sp³-hybridized carbons (Fsp3) is 0.500. The molecular formula is C10H14BrNO2S2. The first-order valence-corrected chi connectivity index (χ1v) is 8.13. The lowest BCUT2D eigenvalue weighted by Crippen LogP contribution is -2.29. The van der Waals surface area contributed by atoms with Crippen LogP contribution in [0.25, 0.3) is 0 Å². The Hall–Kier alpha value is -0.200. The van der Waals surface area contributed by atoms with Gasteiger partial charge in [0.05, 0.1) is 5.75 Å². The van der Waals surface area contributed by atoms with Crippen molar-refractivity contribution in [3.63, 3.8) is 0 Å². The van der Waals surface area contributed by atoms with Crippen LogP contribution in [0.5, 0.6) is 0 Å². The van der Waals surface area contributed by atoms with Crippen molar-refractivity contribution in [3.05, 3.63) is 20.8 Å². The van der Waals surface area contributed by atoms with Crippen LogP contribution in [0.2, 0.25) is 0 Å². The van der Waals surface area contributed by atoms with E-state index in [1.807, 2.05) is 18.4 Å². The molecule has 0 radical (unpaired) electrons. The quantitative estimate of drug-likeness (QED) is 0.873. The van der Waals surface area contributed by atoms with Gasteiger partial charge in [0.1, 0.15) is 5.75 Å². The molecule has 0 unspecified atom stereocenters. The number of rotatable bonds is 6. The highest BCUT2D eigenvalue weighted by Gasteiger charge is 2.10. The van der Waals surface area contributed by atoms with Crippen LogP contribution in [0.15, 0.2) is 15.9 Å². The van der Waals surface area contributed by atoms with Crippen molar-refractivity contribution in [2.45, 2.75) is 19.1 Å². The van der Waals surface area contributed by atoms with Crippen LogP contribution >= 0.6 is 27.3 Å². The molecule has 1 aromatic rings. The van der Waals surface area contributed by atoms with E-state index in [-0.39, 0.29) is 11.7 Å². The summed E-state index contributed by atoms with van der Waals surface area (Å²) in [4.78, 5) is 12.3. The van der Waals surface area contributed by atoms with Gasteiger partial charge in [0.25, 0.3) is 0 Å². The summed E-state index contributed by atoms with van der Waals surface area (Å²) in [5.41, 5.74) is 0. The van der Waals surface area contributed by atoms with Gasteiger partial charge in [-0.05, 0) is 33.8 Å². The molecule has 0 aliphatic rings. The maximum atomic E-state index is 11.7. The maximum absolute atomic E-state index is 11.7. The van der Waals surface area contributed by atoms with Crippen molar-refractivity contribution in [2.75, 3.05) is 12.3 Å². The Labute approximate surface area is 110 Å². The van der Waals surface area contributed by atoms with E-state index in [4.69, 9.17) is 0 Å². The van der Waals surface area contributed by atoms with Gasteiger partial charge in [-0.25, -0.2) is 0 Å². The summed E-state index contributed by atoms with van der Waals surface area (Å²) >= 11 is 4.93. The third kappa shape index (κ3) is 4.76. The molecular weight excluding hydrogens is 310 g/mol. The van der Waals surface area contributed by atoms with Crippen molar-refractivity contribution in [1.82, 2.24) is 5.32 Å². The highest BCUT2D eigenvalue weighted by atomic mass is 79.9. The number of amides is 1. The SMILES string of the molecule is CCCNC(=O)C[S@](=O)Cc1sccc1Br. The van der Waals surface area contributed by atoms with E-state index in [1.54, 1.807) is 11.3 Å². The molecule has 1 atom stereocenters. The molecule has 0 bridgehead atoms. The minimum absolute atomic E-state index is 0.0876. The first kappa shape index (κ1) is 13.9. The fourth-order valence-electron chi connectivity index (χ4n) is 1.09. The van der Waals surface area contributed by atoms with E-state index in [0.29, 0.717) is 12.3 Å². The van der Waals surface area contributed by atoms with Gasteiger partial charge in [-0.2, -0.15) is 0 Å². The first-order valence-electron chi connectivity index (χ1n) is 4.97. The van der Waals surface area contributed by atoms with Crippen LogP contribution in [0.1, 0.15) is 18.2 Å². The molecule has 3 nitrogen and oxygen atoms in total. The molecule has 0 saturated carbocycles. The molecule has 0 spiro atoms. The van der Waals surface area contributed by atoms with E-state index in [1.165, 1.54) is 0 Å². The van der Waals surface area contributed by atoms with Gasteiger partial charge < -0.3 is 5.32 Å². The van der Waals surface area contributed by atoms with Crippen LogP contribution in [0.3, 0.4) is 0 Å². The second kappa shape index (κ2) is 7.19. The van der Waals surface area contributed by atoms with Crippen LogP contribution in [-0.4, -0.2) is 22.4 Å². The maximum Gasteiger partial charge on any atom is 0.232 e. The summed E-state index contributed by atoms with van der Waals surface area (Å²) in [7, 11) is -1.12. The zero-order chi connectivity index (χ0) is 12.0. The lowest BCUT2D eigenvalue weighted by Gasteiger charge is -2.03. The number of carbonyl (C=O) groups excluding carboxylic acids is 1. The predicted molar refractivity (Wildman–Crippen MR) is 72.0 cm³/mol. The molecule has 1 amide bonds. The standard InChI is InChI=1S/C10H14BrNO2S2/c1-2-4-12-10(13)7-16(14)6-9-8(11)3-5-15-9/h3,5H,2,4,6-7H2,1H3,(H,12,13)/t16-/m1/s1. The first-order chi connectivity index (χ1) is 7.63. The third-order valence-corrected chi connectivity index (χ3v) is 5.15. The molecule has 0 aromatic carbocycles. The van der Waals surface area contributed by atoms with Crippen molar-refractivity contribution < 1.29 is 9.00 Å². The molecule has 1 aromatic heterocycles. The lowest BCUT2D eigenvalue weighted by atomic mass is 10.5. The van der Waals surface area contributed by atoms with E-state index in [2.05, 4.69) is 21.2 Å². The van der Waals surface area contributed by atoms with Gasteiger partial charge in [0, 0.05) is 26.7 Å². The highest BCUT2D eigenvalue weighted by molar-refractivity contribution is 9.10. The van der Waals surface area contributed by atoms with E-state index in [9.17, 15) is 9.00 Å². The zero-order valence-corrected chi connectivity index (χ0v) is 12.2. The van der Waals surface area contributed by atoms with Crippen molar-refractivity contribution in [3.8, 4) is 0 Å². The van der Waals surface area contributed by atoms with Gasteiger partial charge in [0.15, 0.2) is 0 Å². The number of hydrogen-bond acceptors (Lipinski definition) is 3. The second-order valence-corrected chi connectivity index (χ2v) is 6.58. The normalized spacial score (nSPS) is 12.4. The molecule has 1 rings (SSSR count). The monoisotopic (exact) mass is 323 g/mol. The van der Waals surface area contributed by atoms with Crippen molar-refractivity contribution in [2.24, 2.45) is 0 Å². The Balaban J connectivity index is 2.36. The summed E-state index contributed by atoms with van der Waals surface area (Å²) < 4.78 is 12.6. The van der Waals surface area contributed by atoms with Crippen LogP contribution in [0, 0.1) is 0 Å². The van der Waals surface area contributed by atoms with E-state index in [0.717, 1.165) is 15.8 Å². The number of nitrogens with one attached hydrogen (secondary N) is 1. The molecule has 0 saturated heterocycles. The molecule has 0 fully saturated rings. The molecule has 1 N–H and O–H groups in total. The largest absolute Gasteiger partial charge is 0.355 e. The smallest absolute Gasteiger partial charge is 0.232 e. The summed E-state index contributed by atoms with van der Waals surface area (Å²) in [5.74, 6) is 0.398. The van der Waals surface area contributed by atoms with Gasteiger partial charge >= 0.3 is 0 Å². The van der Waals surface area contributed by atoms with Crippen LogP contribution in [-0.2, 0) is 21.3 Å². The predicted octanol–water partition coefficient (Wildman–Crippen LogP) is 2.29. The lowest BCUT2D eigenvalue weighted by molar-refractivity contribution is -0.118. The molecule has 0 aliphatic heterocycles. The Morgan fingerprint density at radius 1 is 1.62 bits per heavy atom. The van der Waals surface area contributed by atoms with Gasteiger partial charge in [-0.3, -0.25) is 9.00 Å². The Morgan fingerprint density at radius 2 is 2.38 bits per heavy atom. The molecule has 16 heavy (non-hydrogen) atoms. The molecule has 1 heterocycles. The van der Waals surface area contributed by atoms with Crippen molar-refractivity contribution in [1.29, 1.82) is 0 Å². The van der Waals surface area contributed by atoms with Gasteiger partial charge in [0.2, 0.25) is 5.91 Å². The summed E-state index contributed by atoms with van der Waals surface area (Å²) in [5, 5.41) is 4.66. The minimum Gasteiger partial charge on any atom is -0.355 e.